The first kappa shape index (κ1) is 28.7. The molecule has 5 rings (SSSR count). The molecule has 3 aliphatic rings. The third-order valence-corrected chi connectivity index (χ3v) is 7.68. The van der Waals surface area contributed by atoms with Gasteiger partial charge in [-0.05, 0) is 63.5 Å². The summed E-state index contributed by atoms with van der Waals surface area (Å²) in [6.45, 7) is 0. The summed E-state index contributed by atoms with van der Waals surface area (Å²) in [5.41, 5.74) is -0.254. The molecule has 0 amide bonds. The van der Waals surface area contributed by atoms with Crippen molar-refractivity contribution in [2.75, 3.05) is 0 Å². The van der Waals surface area contributed by atoms with Crippen molar-refractivity contribution in [1.82, 2.24) is 9.97 Å². The molecule has 204 valence electrons. The number of aromatic nitrogens is 2. The minimum Gasteiger partial charge on any atom is -0.481 e. The summed E-state index contributed by atoms with van der Waals surface area (Å²) in [7, 11) is 0. The second-order valence-corrected chi connectivity index (χ2v) is 9.79. The van der Waals surface area contributed by atoms with Gasteiger partial charge >= 0.3 is 23.9 Å². The van der Waals surface area contributed by atoms with Crippen LogP contribution in [0.25, 0.3) is 0 Å². The molecule has 11 heteroatoms. The number of nitrogens with zero attached hydrogens (tertiary/aromatic N) is 2. The molecule has 2 fully saturated rings. The number of hydrogen-bond acceptors (Lipinski definition) is 8. The molecule has 2 aromatic heterocycles. The molecule has 4 N–H and O–H groups in total. The highest BCUT2D eigenvalue weighted by Gasteiger charge is 2.48. The van der Waals surface area contributed by atoms with Gasteiger partial charge in [0.2, 0.25) is 0 Å². The molecule has 2 aliphatic carbocycles. The minimum absolute atomic E-state index is 0. The van der Waals surface area contributed by atoms with Gasteiger partial charge in [0, 0.05) is 35.9 Å². The van der Waals surface area contributed by atoms with Crippen molar-refractivity contribution in [2.45, 2.75) is 70.0 Å². The highest BCUT2D eigenvalue weighted by Crippen LogP contribution is 2.47. The van der Waals surface area contributed by atoms with Crippen LogP contribution in [-0.4, -0.2) is 54.3 Å². The van der Waals surface area contributed by atoms with Crippen LogP contribution in [0.4, 0.5) is 0 Å². The molecular formula is C27H32N2O9. The summed E-state index contributed by atoms with van der Waals surface area (Å²) >= 11 is 0. The Morgan fingerprint density at radius 2 is 1.32 bits per heavy atom. The van der Waals surface area contributed by atoms with Crippen molar-refractivity contribution in [3.63, 3.8) is 0 Å². The van der Waals surface area contributed by atoms with Crippen molar-refractivity contribution in [2.24, 2.45) is 11.8 Å². The van der Waals surface area contributed by atoms with Gasteiger partial charge < -0.3 is 25.2 Å². The van der Waals surface area contributed by atoms with Gasteiger partial charge in [0.1, 0.15) is 5.60 Å². The second-order valence-electron chi connectivity index (χ2n) is 9.79. The highest BCUT2D eigenvalue weighted by atomic mass is 16.6. The highest BCUT2D eigenvalue weighted by molar-refractivity contribution is 5.94. The molecule has 0 bridgehead atoms. The largest absolute Gasteiger partial charge is 0.481 e. The Balaban J connectivity index is 0.000000205. The predicted molar refractivity (Wildman–Crippen MR) is 132 cm³/mol. The molecule has 11 nitrogen and oxygen atoms in total. The number of carbonyl (C=O) groups excluding carboxylic acids is 1. The van der Waals surface area contributed by atoms with Gasteiger partial charge in [0.15, 0.2) is 0 Å². The van der Waals surface area contributed by atoms with Crippen molar-refractivity contribution in [3.8, 4) is 0 Å². The van der Waals surface area contributed by atoms with Crippen molar-refractivity contribution in [3.05, 3.63) is 59.2 Å². The number of ether oxygens (including phenoxy) is 1. The number of aliphatic hydroxyl groups is 1. The molecule has 38 heavy (non-hydrogen) atoms. The van der Waals surface area contributed by atoms with Crippen LogP contribution in [0.1, 0.15) is 90.6 Å². The Bertz CT molecular complexity index is 1210. The van der Waals surface area contributed by atoms with E-state index in [0.717, 1.165) is 5.56 Å². The van der Waals surface area contributed by atoms with E-state index in [2.05, 4.69) is 9.97 Å². The zero-order chi connectivity index (χ0) is 26.8. The Hall–Kier alpha value is -3.86. The summed E-state index contributed by atoms with van der Waals surface area (Å²) < 4.78 is 5.52. The number of carboxylic acids is 3. The molecule has 0 aromatic carbocycles. The van der Waals surface area contributed by atoms with Gasteiger partial charge in [-0.2, -0.15) is 0 Å². The van der Waals surface area contributed by atoms with Crippen LogP contribution in [0.2, 0.25) is 0 Å². The van der Waals surface area contributed by atoms with Gasteiger partial charge in [-0.25, -0.2) is 9.59 Å². The lowest BCUT2D eigenvalue weighted by atomic mass is 9.74. The van der Waals surface area contributed by atoms with E-state index in [1.807, 2.05) is 0 Å². The van der Waals surface area contributed by atoms with Crippen LogP contribution < -0.4 is 0 Å². The van der Waals surface area contributed by atoms with Crippen molar-refractivity contribution in [1.29, 1.82) is 0 Å². The van der Waals surface area contributed by atoms with Gasteiger partial charge in [-0.3, -0.25) is 19.6 Å². The number of rotatable bonds is 4. The lowest BCUT2D eigenvalue weighted by molar-refractivity contribution is -0.146. The van der Waals surface area contributed by atoms with Crippen LogP contribution in [0.3, 0.4) is 0 Å². The van der Waals surface area contributed by atoms with E-state index in [9.17, 15) is 24.3 Å². The molecule has 1 spiro atoms. The summed E-state index contributed by atoms with van der Waals surface area (Å²) in [5, 5.41) is 37.6. The normalized spacial score (nSPS) is 27.7. The quantitative estimate of drug-likeness (QED) is 0.425. The first-order chi connectivity index (χ1) is 17.6. The average Bonchev–Trinajstić information content (AvgIpc) is 3.16. The fraction of sp³-hybridized carbons (Fsp3) is 0.481. The van der Waals surface area contributed by atoms with Gasteiger partial charge in [-0.1, -0.05) is 7.43 Å². The van der Waals surface area contributed by atoms with E-state index in [1.165, 1.54) is 18.5 Å². The molecule has 0 atom stereocenters. The number of esters is 1. The van der Waals surface area contributed by atoms with E-state index >= 15 is 0 Å². The SMILES string of the molecule is C.O=C(O)c1ccncc1C1(O)CCC(C(=O)O)CC1.O=C1OC2(CCC(C(=O)O)CC2)c2cnccc21. The third kappa shape index (κ3) is 5.52. The van der Waals surface area contributed by atoms with Crippen molar-refractivity contribution < 1.29 is 44.3 Å². The number of carboxylic acid groups (broad SMARTS) is 3. The number of pyridine rings is 2. The third-order valence-electron chi connectivity index (χ3n) is 7.68. The summed E-state index contributed by atoms with van der Waals surface area (Å²) in [6, 6.07) is 3.01. The molecule has 0 unspecified atom stereocenters. The van der Waals surface area contributed by atoms with Crippen LogP contribution in [0.5, 0.6) is 0 Å². The average molecular weight is 529 g/mol. The van der Waals surface area contributed by atoms with Crippen LogP contribution >= 0.6 is 0 Å². The smallest absolute Gasteiger partial charge is 0.339 e. The molecular weight excluding hydrogens is 496 g/mol. The molecule has 2 aromatic rings. The summed E-state index contributed by atoms with van der Waals surface area (Å²) in [5.74, 6) is -3.86. The number of aliphatic carboxylic acids is 2. The maximum atomic E-state index is 11.8. The van der Waals surface area contributed by atoms with E-state index in [0.29, 0.717) is 44.1 Å². The Morgan fingerprint density at radius 1 is 0.816 bits per heavy atom. The topological polar surface area (TPSA) is 184 Å². The Labute approximate surface area is 219 Å². The minimum atomic E-state index is -1.30. The monoisotopic (exact) mass is 528 g/mol. The molecule has 1 aliphatic heterocycles. The zero-order valence-corrected chi connectivity index (χ0v) is 20.0. The summed E-state index contributed by atoms with van der Waals surface area (Å²) in [4.78, 5) is 52.7. The number of carbonyl (C=O) groups is 4. The number of fused-ring (bicyclic) bond motifs is 2. The molecule has 0 saturated heterocycles. The number of aromatic carboxylic acids is 1. The summed E-state index contributed by atoms with van der Waals surface area (Å²) in [6.07, 6.45) is 9.29. The van der Waals surface area contributed by atoms with E-state index in [4.69, 9.17) is 20.1 Å². The molecule has 3 heterocycles. The Kier molecular flexibility index (Phi) is 8.51. The zero-order valence-electron chi connectivity index (χ0n) is 20.0. The maximum Gasteiger partial charge on any atom is 0.339 e. The molecule has 0 radical (unpaired) electrons. The lowest BCUT2D eigenvalue weighted by Crippen LogP contribution is -2.35. The lowest BCUT2D eigenvalue weighted by Gasteiger charge is -2.35. The van der Waals surface area contributed by atoms with Gasteiger partial charge in [-0.15, -0.1) is 0 Å². The molecule has 2 saturated carbocycles. The van der Waals surface area contributed by atoms with Gasteiger partial charge in [0.25, 0.3) is 0 Å². The standard InChI is InChI=1S/C13H15NO5.C13H13NO4.CH4/c15-11(16)8-1-4-13(19,5-2-8)10-7-14-6-3-9(10)12(17)18;15-11(16)8-1-4-13(5-2-8)10-7-14-6-3-9(10)12(17)18-13;/h3,6-8,19H,1-2,4-5H2,(H,15,16)(H,17,18);3,6-8H,1-2,4-5H2,(H,15,16);1H4. The maximum absolute atomic E-state index is 11.8. The van der Waals surface area contributed by atoms with E-state index < -0.39 is 35.0 Å². The predicted octanol–water partition coefficient (Wildman–Crippen LogP) is 3.60. The Morgan fingerprint density at radius 3 is 1.84 bits per heavy atom. The van der Waals surface area contributed by atoms with Crippen molar-refractivity contribution >= 4 is 23.9 Å². The van der Waals surface area contributed by atoms with E-state index in [1.54, 1.807) is 18.5 Å². The van der Waals surface area contributed by atoms with Crippen LogP contribution in [-0.2, 0) is 25.5 Å². The van der Waals surface area contributed by atoms with Gasteiger partial charge in [0.05, 0.1) is 28.6 Å². The fourth-order valence-corrected chi connectivity index (χ4v) is 5.49. The first-order valence-electron chi connectivity index (χ1n) is 12.1. The van der Waals surface area contributed by atoms with Crippen LogP contribution in [0, 0.1) is 11.8 Å². The first-order valence-corrected chi connectivity index (χ1v) is 12.1. The van der Waals surface area contributed by atoms with Crippen LogP contribution in [0.15, 0.2) is 36.9 Å². The fourth-order valence-electron chi connectivity index (χ4n) is 5.49. The number of hydrogen-bond donors (Lipinski definition) is 4. The second kappa shape index (κ2) is 11.3. The van der Waals surface area contributed by atoms with E-state index in [-0.39, 0.29) is 43.3 Å².